The first-order chi connectivity index (χ1) is 12.8. The van der Waals surface area contributed by atoms with Gasteiger partial charge in [0.2, 0.25) is 0 Å². The number of piperazine rings is 1. The van der Waals surface area contributed by atoms with Gasteiger partial charge in [-0.1, -0.05) is 50.2 Å². The van der Waals surface area contributed by atoms with Gasteiger partial charge in [-0.25, -0.2) is 0 Å². The van der Waals surface area contributed by atoms with Gasteiger partial charge in [0.15, 0.2) is 0 Å². The third-order valence-corrected chi connectivity index (χ3v) is 4.87. The van der Waals surface area contributed by atoms with Crippen LogP contribution in [0.25, 0.3) is 0 Å². The van der Waals surface area contributed by atoms with Crippen LogP contribution in [0.1, 0.15) is 42.5 Å². The Morgan fingerprint density at radius 3 is 1.72 bits per heavy atom. The van der Waals surface area contributed by atoms with E-state index in [1.165, 1.54) is 17.7 Å². The van der Waals surface area contributed by atoms with Crippen LogP contribution in [0.5, 0.6) is 5.75 Å². The first-order valence-corrected chi connectivity index (χ1v) is 9.24. The highest BCUT2D eigenvalue weighted by Crippen LogP contribution is 2.32. The van der Waals surface area contributed by atoms with Crippen molar-refractivity contribution in [3.63, 3.8) is 0 Å². The van der Waals surface area contributed by atoms with E-state index >= 15 is 0 Å². The lowest BCUT2D eigenvalue weighted by atomic mass is 9.93. The highest BCUT2D eigenvalue weighted by Gasteiger charge is 2.31. The zero-order valence-corrected chi connectivity index (χ0v) is 18.0. The minimum Gasteiger partial charge on any atom is -0.406 e. The molecule has 1 aliphatic heterocycles. The molecule has 0 spiro atoms. The number of hydrogen-bond acceptors (Lipinski definition) is 3. The van der Waals surface area contributed by atoms with E-state index in [1.54, 1.807) is 12.1 Å². The van der Waals surface area contributed by atoms with Crippen molar-refractivity contribution in [1.82, 2.24) is 10.2 Å². The lowest BCUT2D eigenvalue weighted by molar-refractivity contribution is -0.274. The molecule has 3 rings (SSSR count). The van der Waals surface area contributed by atoms with Crippen molar-refractivity contribution in [3.8, 4) is 5.75 Å². The highest BCUT2D eigenvalue weighted by atomic mass is 35.5. The predicted molar refractivity (Wildman–Crippen MR) is 114 cm³/mol. The normalized spacial score (nSPS) is 15.9. The third kappa shape index (κ3) is 7.07. The molecule has 8 heteroatoms. The minimum absolute atomic E-state index is 0. The van der Waals surface area contributed by atoms with Gasteiger partial charge >= 0.3 is 6.36 Å². The molecule has 0 aliphatic carbocycles. The fraction of sp³-hybridized carbons (Fsp3) is 0.429. The van der Waals surface area contributed by atoms with E-state index in [0.717, 1.165) is 37.3 Å². The Hall–Kier alpha value is -1.47. The van der Waals surface area contributed by atoms with Crippen molar-refractivity contribution in [2.24, 2.45) is 0 Å². The van der Waals surface area contributed by atoms with Crippen LogP contribution < -0.4 is 10.1 Å². The molecule has 3 nitrogen and oxygen atoms in total. The van der Waals surface area contributed by atoms with Gasteiger partial charge in [-0.3, -0.25) is 4.90 Å². The van der Waals surface area contributed by atoms with E-state index in [0.29, 0.717) is 5.92 Å². The predicted octanol–water partition coefficient (Wildman–Crippen LogP) is 5.55. The van der Waals surface area contributed by atoms with Crippen LogP contribution >= 0.6 is 24.8 Å². The molecule has 0 saturated carbocycles. The number of ether oxygens (including phenoxy) is 1. The minimum atomic E-state index is -4.67. The smallest absolute Gasteiger partial charge is 0.406 e. The number of rotatable bonds is 5. The van der Waals surface area contributed by atoms with Crippen molar-refractivity contribution >= 4 is 24.8 Å². The Balaban J connectivity index is 0.00000210. The SMILES string of the molecule is CC(C)c1ccc([C@H](c2ccc(OC(F)(F)F)cc2)N2CCNCC2)cc1.Cl.Cl. The highest BCUT2D eigenvalue weighted by molar-refractivity contribution is 5.85. The second kappa shape index (κ2) is 11.1. The third-order valence-electron chi connectivity index (χ3n) is 4.87. The Morgan fingerprint density at radius 2 is 1.28 bits per heavy atom. The van der Waals surface area contributed by atoms with Crippen molar-refractivity contribution in [1.29, 1.82) is 0 Å². The first kappa shape index (κ1) is 25.6. The summed E-state index contributed by atoms with van der Waals surface area (Å²) in [7, 11) is 0. The molecule has 1 saturated heterocycles. The van der Waals surface area contributed by atoms with Gasteiger partial charge in [-0.05, 0) is 34.7 Å². The monoisotopic (exact) mass is 450 g/mol. The Morgan fingerprint density at radius 1 is 0.828 bits per heavy atom. The molecule has 0 bridgehead atoms. The molecule has 0 aromatic heterocycles. The largest absolute Gasteiger partial charge is 0.573 e. The zero-order valence-electron chi connectivity index (χ0n) is 16.4. The standard InChI is InChI=1S/C21H25F3N2O.2ClH/c1-15(2)16-3-5-17(6-4-16)20(26-13-11-25-12-14-26)18-7-9-19(10-8-18)27-21(22,23)24;;/h3-10,15,20,25H,11-14H2,1-2H3;2*1H/t20-;;/m1../s1. The van der Waals surface area contributed by atoms with Crippen LogP contribution in [0.15, 0.2) is 48.5 Å². The van der Waals surface area contributed by atoms with E-state index in [1.807, 2.05) is 0 Å². The van der Waals surface area contributed by atoms with Crippen molar-refractivity contribution in [3.05, 3.63) is 65.2 Å². The molecule has 162 valence electrons. The van der Waals surface area contributed by atoms with E-state index < -0.39 is 6.36 Å². The van der Waals surface area contributed by atoms with Crippen LogP contribution in [0, 0.1) is 0 Å². The molecule has 0 radical (unpaired) electrons. The molecular weight excluding hydrogens is 424 g/mol. The molecule has 1 atom stereocenters. The van der Waals surface area contributed by atoms with Gasteiger partial charge in [-0.2, -0.15) is 0 Å². The number of hydrogen-bond donors (Lipinski definition) is 1. The molecule has 29 heavy (non-hydrogen) atoms. The lowest BCUT2D eigenvalue weighted by Gasteiger charge is -2.35. The average molecular weight is 451 g/mol. The molecule has 2 aromatic carbocycles. The zero-order chi connectivity index (χ0) is 19.4. The average Bonchev–Trinajstić information content (AvgIpc) is 2.63. The van der Waals surface area contributed by atoms with E-state index in [4.69, 9.17) is 0 Å². The summed E-state index contributed by atoms with van der Waals surface area (Å²) in [6.07, 6.45) is -4.67. The van der Waals surface area contributed by atoms with E-state index in [2.05, 4.69) is 53.1 Å². The van der Waals surface area contributed by atoms with Crippen molar-refractivity contribution < 1.29 is 17.9 Å². The van der Waals surface area contributed by atoms with Gasteiger partial charge in [0.05, 0.1) is 6.04 Å². The summed E-state index contributed by atoms with van der Waals surface area (Å²) in [5, 5.41) is 3.34. The molecule has 0 amide bonds. The van der Waals surface area contributed by atoms with Gasteiger partial charge < -0.3 is 10.1 Å². The van der Waals surface area contributed by atoms with E-state index in [-0.39, 0.29) is 36.6 Å². The summed E-state index contributed by atoms with van der Waals surface area (Å²) < 4.78 is 41.3. The topological polar surface area (TPSA) is 24.5 Å². The van der Waals surface area contributed by atoms with E-state index in [9.17, 15) is 13.2 Å². The molecule has 2 aromatic rings. The van der Waals surface area contributed by atoms with Crippen LogP contribution in [-0.4, -0.2) is 37.4 Å². The van der Waals surface area contributed by atoms with Crippen LogP contribution in [0.3, 0.4) is 0 Å². The lowest BCUT2D eigenvalue weighted by Crippen LogP contribution is -2.45. The number of nitrogens with zero attached hydrogens (tertiary/aromatic N) is 1. The fourth-order valence-electron chi connectivity index (χ4n) is 3.47. The van der Waals surface area contributed by atoms with Crippen LogP contribution in [0.4, 0.5) is 13.2 Å². The molecule has 1 heterocycles. The van der Waals surface area contributed by atoms with Gasteiger partial charge in [-0.15, -0.1) is 38.0 Å². The summed E-state index contributed by atoms with van der Waals surface area (Å²) in [6, 6.07) is 14.8. The Labute approximate surface area is 182 Å². The number of halogens is 5. The maximum Gasteiger partial charge on any atom is 0.573 e. The second-order valence-corrected chi connectivity index (χ2v) is 7.13. The summed E-state index contributed by atoms with van der Waals surface area (Å²) in [5.41, 5.74) is 3.38. The molecular formula is C21H27Cl2F3N2O. The van der Waals surface area contributed by atoms with Gasteiger partial charge in [0.25, 0.3) is 0 Å². The summed E-state index contributed by atoms with van der Waals surface area (Å²) in [4.78, 5) is 2.36. The summed E-state index contributed by atoms with van der Waals surface area (Å²) in [5.74, 6) is 0.260. The summed E-state index contributed by atoms with van der Waals surface area (Å²) >= 11 is 0. The summed E-state index contributed by atoms with van der Waals surface area (Å²) in [6.45, 7) is 7.88. The molecule has 1 fully saturated rings. The number of alkyl halides is 3. The quantitative estimate of drug-likeness (QED) is 0.646. The number of benzene rings is 2. The second-order valence-electron chi connectivity index (χ2n) is 7.13. The van der Waals surface area contributed by atoms with Gasteiger partial charge in [0.1, 0.15) is 5.75 Å². The Bertz CT molecular complexity index is 731. The molecule has 1 aliphatic rings. The van der Waals surface area contributed by atoms with Gasteiger partial charge in [0, 0.05) is 26.2 Å². The van der Waals surface area contributed by atoms with Crippen molar-refractivity contribution in [2.45, 2.75) is 32.2 Å². The Kier molecular flexibility index (Phi) is 9.76. The molecule has 1 N–H and O–H groups in total. The van der Waals surface area contributed by atoms with Crippen LogP contribution in [-0.2, 0) is 0 Å². The maximum absolute atomic E-state index is 12.4. The van der Waals surface area contributed by atoms with Crippen molar-refractivity contribution in [2.75, 3.05) is 26.2 Å². The first-order valence-electron chi connectivity index (χ1n) is 9.24. The molecule has 0 unspecified atom stereocenters. The maximum atomic E-state index is 12.4. The van der Waals surface area contributed by atoms with Crippen LogP contribution in [0.2, 0.25) is 0 Å². The number of nitrogens with one attached hydrogen (secondary N) is 1. The fourth-order valence-corrected chi connectivity index (χ4v) is 3.47.